The van der Waals surface area contributed by atoms with Crippen molar-refractivity contribution in [1.29, 1.82) is 0 Å². The monoisotopic (exact) mass is 286 g/mol. The molecule has 0 aliphatic rings. The molecule has 1 aromatic carbocycles. The number of nitrogens with zero attached hydrogens (tertiary/aromatic N) is 2. The standard InChI is InChI=1S/C16H18N2O3/c1-11(12-6-4-5-7-14(12)19)18(2)16(20)13-8-9-17-10-15(13)21-3/h4-11,19H,1-3H3. The Balaban J connectivity index is 2.29. The number of carbonyl (C=O) groups is 1. The summed E-state index contributed by atoms with van der Waals surface area (Å²) in [6.45, 7) is 1.86. The van der Waals surface area contributed by atoms with E-state index in [1.54, 1.807) is 42.4 Å². The summed E-state index contributed by atoms with van der Waals surface area (Å²) >= 11 is 0. The van der Waals surface area contributed by atoms with E-state index in [1.807, 2.05) is 13.0 Å². The van der Waals surface area contributed by atoms with Gasteiger partial charge in [0.1, 0.15) is 11.5 Å². The lowest BCUT2D eigenvalue weighted by Crippen LogP contribution is -2.30. The minimum Gasteiger partial charge on any atom is -0.508 e. The maximum absolute atomic E-state index is 12.6. The Kier molecular flexibility index (Phi) is 4.42. The minimum atomic E-state index is -0.267. The quantitative estimate of drug-likeness (QED) is 0.938. The smallest absolute Gasteiger partial charge is 0.257 e. The normalized spacial score (nSPS) is 11.8. The van der Waals surface area contributed by atoms with Crippen LogP contribution in [0.3, 0.4) is 0 Å². The summed E-state index contributed by atoms with van der Waals surface area (Å²) in [5.74, 6) is 0.412. The molecule has 0 saturated carbocycles. The van der Waals surface area contributed by atoms with E-state index in [1.165, 1.54) is 13.3 Å². The number of phenolic OH excluding ortho intramolecular Hbond substituents is 1. The third-order valence-corrected chi connectivity index (χ3v) is 3.52. The molecule has 1 atom stereocenters. The van der Waals surface area contributed by atoms with Crippen molar-refractivity contribution < 1.29 is 14.6 Å². The van der Waals surface area contributed by atoms with Gasteiger partial charge in [-0.25, -0.2) is 0 Å². The highest BCUT2D eigenvalue weighted by Crippen LogP contribution is 2.29. The molecule has 0 spiro atoms. The van der Waals surface area contributed by atoms with Gasteiger partial charge in [-0.05, 0) is 19.1 Å². The lowest BCUT2D eigenvalue weighted by atomic mass is 10.1. The fourth-order valence-corrected chi connectivity index (χ4v) is 2.13. The Morgan fingerprint density at radius 1 is 1.33 bits per heavy atom. The van der Waals surface area contributed by atoms with Crippen LogP contribution in [-0.4, -0.2) is 35.1 Å². The molecule has 110 valence electrons. The fraction of sp³-hybridized carbons (Fsp3) is 0.250. The third-order valence-electron chi connectivity index (χ3n) is 3.52. The van der Waals surface area contributed by atoms with Gasteiger partial charge in [-0.2, -0.15) is 0 Å². The van der Waals surface area contributed by atoms with E-state index < -0.39 is 0 Å². The predicted molar refractivity (Wildman–Crippen MR) is 79.4 cm³/mol. The van der Waals surface area contributed by atoms with E-state index >= 15 is 0 Å². The Morgan fingerprint density at radius 2 is 2.05 bits per heavy atom. The summed E-state index contributed by atoms with van der Waals surface area (Å²) < 4.78 is 5.17. The topological polar surface area (TPSA) is 62.7 Å². The summed E-state index contributed by atoms with van der Waals surface area (Å²) in [7, 11) is 3.19. The van der Waals surface area contributed by atoms with Crippen molar-refractivity contribution in [3.05, 3.63) is 53.9 Å². The van der Waals surface area contributed by atoms with Crippen molar-refractivity contribution in [3.63, 3.8) is 0 Å². The van der Waals surface area contributed by atoms with E-state index in [9.17, 15) is 9.90 Å². The second-order valence-electron chi connectivity index (χ2n) is 4.73. The number of aromatic nitrogens is 1. The van der Waals surface area contributed by atoms with E-state index in [0.717, 1.165) is 0 Å². The number of amides is 1. The molecule has 2 aromatic rings. The molecule has 5 heteroatoms. The number of pyridine rings is 1. The first kappa shape index (κ1) is 14.8. The Labute approximate surface area is 123 Å². The van der Waals surface area contributed by atoms with Gasteiger partial charge in [-0.1, -0.05) is 18.2 Å². The zero-order chi connectivity index (χ0) is 15.4. The van der Waals surface area contributed by atoms with Crippen LogP contribution >= 0.6 is 0 Å². The average Bonchev–Trinajstić information content (AvgIpc) is 2.53. The summed E-state index contributed by atoms with van der Waals surface area (Å²) in [6.07, 6.45) is 3.06. The number of hydrogen-bond acceptors (Lipinski definition) is 4. The lowest BCUT2D eigenvalue weighted by Gasteiger charge is -2.26. The number of benzene rings is 1. The van der Waals surface area contributed by atoms with Crippen molar-refractivity contribution in [1.82, 2.24) is 9.88 Å². The average molecular weight is 286 g/mol. The predicted octanol–water partition coefficient (Wildman–Crippen LogP) is 2.63. The van der Waals surface area contributed by atoms with Crippen LogP contribution in [0, 0.1) is 0 Å². The molecule has 1 aromatic heterocycles. The molecule has 0 radical (unpaired) electrons. The number of aromatic hydroxyl groups is 1. The van der Waals surface area contributed by atoms with Crippen molar-refractivity contribution in [2.45, 2.75) is 13.0 Å². The first-order valence-electron chi connectivity index (χ1n) is 6.59. The molecule has 1 amide bonds. The minimum absolute atomic E-state index is 0.173. The van der Waals surface area contributed by atoms with Crippen molar-refractivity contribution >= 4 is 5.91 Å². The number of para-hydroxylation sites is 1. The molecule has 0 aliphatic carbocycles. The highest BCUT2D eigenvalue weighted by molar-refractivity contribution is 5.96. The van der Waals surface area contributed by atoms with Gasteiger partial charge in [0.25, 0.3) is 5.91 Å². The molecule has 5 nitrogen and oxygen atoms in total. The van der Waals surface area contributed by atoms with E-state index in [-0.39, 0.29) is 17.7 Å². The van der Waals surface area contributed by atoms with Gasteiger partial charge >= 0.3 is 0 Å². The Morgan fingerprint density at radius 3 is 2.71 bits per heavy atom. The van der Waals surface area contributed by atoms with Crippen molar-refractivity contribution in [2.24, 2.45) is 0 Å². The lowest BCUT2D eigenvalue weighted by molar-refractivity contribution is 0.0737. The van der Waals surface area contributed by atoms with Crippen LogP contribution in [0.25, 0.3) is 0 Å². The van der Waals surface area contributed by atoms with E-state index in [4.69, 9.17) is 4.74 Å². The van der Waals surface area contributed by atoms with Crippen LogP contribution < -0.4 is 4.74 Å². The molecule has 0 fully saturated rings. The fourth-order valence-electron chi connectivity index (χ4n) is 2.13. The van der Waals surface area contributed by atoms with Crippen LogP contribution in [0.15, 0.2) is 42.7 Å². The van der Waals surface area contributed by atoms with Gasteiger partial charge in [0, 0.05) is 18.8 Å². The Bertz CT molecular complexity index is 643. The number of phenols is 1. The first-order valence-corrected chi connectivity index (χ1v) is 6.59. The number of methoxy groups -OCH3 is 1. The van der Waals surface area contributed by atoms with Crippen LogP contribution in [0.5, 0.6) is 11.5 Å². The van der Waals surface area contributed by atoms with Crippen LogP contribution in [0.1, 0.15) is 28.9 Å². The van der Waals surface area contributed by atoms with Crippen LogP contribution in [0.4, 0.5) is 0 Å². The molecule has 1 N–H and O–H groups in total. The number of rotatable bonds is 4. The van der Waals surface area contributed by atoms with Gasteiger partial charge in [0.05, 0.1) is 24.9 Å². The zero-order valence-electron chi connectivity index (χ0n) is 12.3. The molecular formula is C16H18N2O3. The number of ether oxygens (including phenoxy) is 1. The second-order valence-corrected chi connectivity index (χ2v) is 4.73. The highest BCUT2D eigenvalue weighted by atomic mass is 16.5. The van der Waals surface area contributed by atoms with Crippen molar-refractivity contribution in [2.75, 3.05) is 14.2 Å². The largest absolute Gasteiger partial charge is 0.508 e. The van der Waals surface area contributed by atoms with Gasteiger partial charge in [-0.15, -0.1) is 0 Å². The molecule has 1 heterocycles. The highest BCUT2D eigenvalue weighted by Gasteiger charge is 2.23. The van der Waals surface area contributed by atoms with Gasteiger partial charge < -0.3 is 14.7 Å². The van der Waals surface area contributed by atoms with Gasteiger partial charge in [-0.3, -0.25) is 9.78 Å². The second kappa shape index (κ2) is 6.26. The summed E-state index contributed by atoms with van der Waals surface area (Å²) in [5, 5.41) is 9.91. The van der Waals surface area contributed by atoms with Crippen LogP contribution in [-0.2, 0) is 0 Å². The molecule has 1 unspecified atom stereocenters. The third kappa shape index (κ3) is 2.97. The van der Waals surface area contributed by atoms with E-state index in [2.05, 4.69) is 4.98 Å². The van der Waals surface area contributed by atoms with Gasteiger partial charge in [0.2, 0.25) is 0 Å². The summed E-state index contributed by atoms with van der Waals surface area (Å²) in [6, 6.07) is 8.34. The van der Waals surface area contributed by atoms with E-state index in [0.29, 0.717) is 16.9 Å². The SMILES string of the molecule is COc1cnccc1C(=O)N(C)C(C)c1ccccc1O. The number of carbonyl (C=O) groups excluding carboxylic acids is 1. The summed E-state index contributed by atoms with van der Waals surface area (Å²) in [5.41, 5.74) is 1.14. The zero-order valence-corrected chi connectivity index (χ0v) is 12.3. The first-order chi connectivity index (χ1) is 10.1. The Hall–Kier alpha value is -2.56. The summed E-state index contributed by atoms with van der Waals surface area (Å²) in [4.78, 5) is 18.1. The maximum Gasteiger partial charge on any atom is 0.257 e. The molecular weight excluding hydrogens is 268 g/mol. The van der Waals surface area contributed by atoms with Crippen molar-refractivity contribution in [3.8, 4) is 11.5 Å². The molecule has 0 saturated heterocycles. The van der Waals surface area contributed by atoms with Crippen LogP contribution in [0.2, 0.25) is 0 Å². The molecule has 0 aliphatic heterocycles. The molecule has 2 rings (SSSR count). The molecule has 0 bridgehead atoms. The number of hydrogen-bond donors (Lipinski definition) is 1. The van der Waals surface area contributed by atoms with Gasteiger partial charge in [0.15, 0.2) is 0 Å². The maximum atomic E-state index is 12.6. The molecule has 21 heavy (non-hydrogen) atoms.